The average molecular weight is 322 g/mol. The van der Waals surface area contributed by atoms with Gasteiger partial charge in [-0.15, -0.1) is 11.3 Å². The molecule has 5 heteroatoms. The standard InChI is InChI=1S/C9H4FIO2S/c10-4-1-6(9(12)13)5-3-8(11)14-7(5)2-4/h1-3H,(H,12,13). The lowest BCUT2D eigenvalue weighted by Crippen LogP contribution is -1.97. The van der Waals surface area contributed by atoms with Crippen molar-refractivity contribution in [3.05, 3.63) is 32.5 Å². The Balaban J connectivity index is 2.85. The Hall–Kier alpha value is -0.690. The number of halogens is 2. The largest absolute Gasteiger partial charge is 0.478 e. The first kappa shape index (κ1) is 9.85. The SMILES string of the molecule is O=C(O)c1cc(F)cc2sc(I)cc12. The highest BCUT2D eigenvalue weighted by atomic mass is 127. The summed E-state index contributed by atoms with van der Waals surface area (Å²) in [6, 6.07) is 4.16. The van der Waals surface area contributed by atoms with Gasteiger partial charge in [0, 0.05) is 10.1 Å². The number of benzene rings is 1. The molecule has 2 rings (SSSR count). The molecule has 0 spiro atoms. The molecule has 72 valence electrons. The Morgan fingerprint density at radius 2 is 2.14 bits per heavy atom. The lowest BCUT2D eigenvalue weighted by molar-refractivity contribution is 0.0698. The van der Waals surface area contributed by atoms with E-state index in [-0.39, 0.29) is 5.56 Å². The van der Waals surface area contributed by atoms with Crippen molar-refractivity contribution in [2.45, 2.75) is 0 Å². The molecule has 0 bridgehead atoms. The summed E-state index contributed by atoms with van der Waals surface area (Å²) in [5.41, 5.74) is 0.0270. The zero-order chi connectivity index (χ0) is 10.3. The van der Waals surface area contributed by atoms with Crippen LogP contribution in [0.1, 0.15) is 10.4 Å². The molecule has 0 amide bonds. The Labute approximate surface area is 96.5 Å². The lowest BCUT2D eigenvalue weighted by atomic mass is 10.1. The first-order valence-corrected chi connectivity index (χ1v) is 5.59. The molecule has 0 saturated heterocycles. The molecule has 0 fully saturated rings. The Kier molecular flexibility index (Phi) is 2.44. The minimum atomic E-state index is -1.09. The van der Waals surface area contributed by atoms with Crippen LogP contribution in [0, 0.1) is 8.70 Å². The Morgan fingerprint density at radius 1 is 1.43 bits per heavy atom. The van der Waals surface area contributed by atoms with Gasteiger partial charge in [-0.25, -0.2) is 9.18 Å². The Bertz CT molecular complexity index is 521. The van der Waals surface area contributed by atoms with E-state index in [1.54, 1.807) is 6.07 Å². The van der Waals surface area contributed by atoms with Crippen LogP contribution in [0.3, 0.4) is 0 Å². The van der Waals surface area contributed by atoms with Crippen LogP contribution in [0.25, 0.3) is 10.1 Å². The van der Waals surface area contributed by atoms with Gasteiger partial charge in [-0.2, -0.15) is 0 Å². The summed E-state index contributed by atoms with van der Waals surface area (Å²) in [6.07, 6.45) is 0. The summed E-state index contributed by atoms with van der Waals surface area (Å²) < 4.78 is 14.6. The molecule has 0 aliphatic heterocycles. The maximum atomic E-state index is 13.0. The number of thiophene rings is 1. The second kappa shape index (κ2) is 3.47. The van der Waals surface area contributed by atoms with Gasteiger partial charge in [-0.3, -0.25) is 0 Å². The third-order valence-electron chi connectivity index (χ3n) is 1.80. The van der Waals surface area contributed by atoms with Crippen LogP contribution in [-0.2, 0) is 0 Å². The monoisotopic (exact) mass is 322 g/mol. The predicted octanol–water partition coefficient (Wildman–Crippen LogP) is 3.34. The van der Waals surface area contributed by atoms with Crippen LogP contribution in [0.15, 0.2) is 18.2 Å². The molecule has 1 heterocycles. The van der Waals surface area contributed by atoms with Crippen LogP contribution in [0.2, 0.25) is 0 Å². The third-order valence-corrected chi connectivity index (χ3v) is 3.65. The Morgan fingerprint density at radius 3 is 2.79 bits per heavy atom. The second-order valence-electron chi connectivity index (χ2n) is 2.72. The molecule has 0 saturated carbocycles. The molecule has 0 aliphatic carbocycles. The van der Waals surface area contributed by atoms with Crippen molar-refractivity contribution < 1.29 is 14.3 Å². The number of hydrogen-bond acceptors (Lipinski definition) is 2. The van der Waals surface area contributed by atoms with Crippen LogP contribution < -0.4 is 0 Å². The summed E-state index contributed by atoms with van der Waals surface area (Å²) >= 11 is 3.47. The number of rotatable bonds is 1. The van der Waals surface area contributed by atoms with Gasteiger partial charge in [0.25, 0.3) is 0 Å². The number of carboxylic acids is 1. The molecule has 14 heavy (non-hydrogen) atoms. The van der Waals surface area contributed by atoms with E-state index in [2.05, 4.69) is 22.6 Å². The van der Waals surface area contributed by atoms with E-state index in [1.165, 1.54) is 17.4 Å². The third kappa shape index (κ3) is 1.61. The topological polar surface area (TPSA) is 37.3 Å². The van der Waals surface area contributed by atoms with Gasteiger partial charge in [0.2, 0.25) is 0 Å². The van der Waals surface area contributed by atoms with Crippen LogP contribution in [-0.4, -0.2) is 11.1 Å². The maximum Gasteiger partial charge on any atom is 0.336 e. The fourth-order valence-corrected chi connectivity index (χ4v) is 3.11. The van der Waals surface area contributed by atoms with E-state index >= 15 is 0 Å². The second-order valence-corrected chi connectivity index (χ2v) is 5.70. The summed E-state index contributed by atoms with van der Waals surface area (Å²) in [4.78, 5) is 10.8. The van der Waals surface area contributed by atoms with E-state index < -0.39 is 11.8 Å². The van der Waals surface area contributed by atoms with Gasteiger partial charge < -0.3 is 5.11 Å². The van der Waals surface area contributed by atoms with Crippen molar-refractivity contribution in [2.24, 2.45) is 0 Å². The summed E-state index contributed by atoms with van der Waals surface area (Å²) in [7, 11) is 0. The number of hydrogen-bond donors (Lipinski definition) is 1. The van der Waals surface area contributed by atoms with Crippen LogP contribution >= 0.6 is 33.9 Å². The molecular weight excluding hydrogens is 318 g/mol. The van der Waals surface area contributed by atoms with E-state index in [0.717, 1.165) is 8.95 Å². The fraction of sp³-hybridized carbons (Fsp3) is 0. The quantitative estimate of drug-likeness (QED) is 0.818. The van der Waals surface area contributed by atoms with Crippen molar-refractivity contribution in [3.63, 3.8) is 0 Å². The molecule has 1 aromatic heterocycles. The smallest absolute Gasteiger partial charge is 0.336 e. The van der Waals surface area contributed by atoms with Crippen molar-refractivity contribution in [1.82, 2.24) is 0 Å². The van der Waals surface area contributed by atoms with Gasteiger partial charge in [-0.05, 0) is 40.8 Å². The van der Waals surface area contributed by atoms with Crippen molar-refractivity contribution in [3.8, 4) is 0 Å². The van der Waals surface area contributed by atoms with Gasteiger partial charge in [0.15, 0.2) is 0 Å². The predicted molar refractivity (Wildman–Crippen MR) is 61.5 cm³/mol. The normalized spacial score (nSPS) is 10.7. The molecule has 0 aliphatic rings. The van der Waals surface area contributed by atoms with Crippen LogP contribution in [0.5, 0.6) is 0 Å². The summed E-state index contributed by atoms with van der Waals surface area (Å²) in [6.45, 7) is 0. The number of carboxylic acid groups (broad SMARTS) is 1. The first-order chi connectivity index (χ1) is 6.58. The van der Waals surface area contributed by atoms with Crippen LogP contribution in [0.4, 0.5) is 4.39 Å². The molecular formula is C9H4FIO2S. The van der Waals surface area contributed by atoms with E-state index in [9.17, 15) is 9.18 Å². The zero-order valence-corrected chi connectivity index (χ0v) is 9.73. The number of fused-ring (bicyclic) bond motifs is 1. The van der Waals surface area contributed by atoms with E-state index in [1.807, 2.05) is 0 Å². The maximum absolute atomic E-state index is 13.0. The first-order valence-electron chi connectivity index (χ1n) is 3.70. The minimum Gasteiger partial charge on any atom is -0.478 e. The molecule has 0 radical (unpaired) electrons. The molecule has 1 aromatic carbocycles. The average Bonchev–Trinajstić information content (AvgIpc) is 2.42. The molecule has 2 nitrogen and oxygen atoms in total. The molecule has 0 unspecified atom stereocenters. The van der Waals surface area contributed by atoms with Gasteiger partial charge in [0.1, 0.15) is 5.82 Å². The summed E-state index contributed by atoms with van der Waals surface area (Å²) in [5, 5.41) is 9.46. The lowest BCUT2D eigenvalue weighted by Gasteiger charge is -1.96. The van der Waals surface area contributed by atoms with Crippen molar-refractivity contribution >= 4 is 50.0 Å². The van der Waals surface area contributed by atoms with Gasteiger partial charge >= 0.3 is 5.97 Å². The molecule has 2 aromatic rings. The van der Waals surface area contributed by atoms with Crippen molar-refractivity contribution in [2.75, 3.05) is 0 Å². The van der Waals surface area contributed by atoms with Gasteiger partial charge in [-0.1, -0.05) is 0 Å². The van der Waals surface area contributed by atoms with Crippen molar-refractivity contribution in [1.29, 1.82) is 0 Å². The fourth-order valence-electron chi connectivity index (χ4n) is 1.25. The highest BCUT2D eigenvalue weighted by Gasteiger charge is 2.12. The summed E-state index contributed by atoms with van der Waals surface area (Å²) in [5.74, 6) is -1.60. The zero-order valence-electron chi connectivity index (χ0n) is 6.75. The van der Waals surface area contributed by atoms with E-state index in [0.29, 0.717) is 10.1 Å². The highest BCUT2D eigenvalue weighted by Crippen LogP contribution is 2.30. The van der Waals surface area contributed by atoms with Gasteiger partial charge in [0.05, 0.1) is 8.45 Å². The number of aromatic carboxylic acids is 1. The van der Waals surface area contributed by atoms with E-state index in [4.69, 9.17) is 5.11 Å². The molecule has 0 atom stereocenters. The highest BCUT2D eigenvalue weighted by molar-refractivity contribution is 14.1. The molecule has 1 N–H and O–H groups in total. The minimum absolute atomic E-state index is 0.0270. The number of carbonyl (C=O) groups is 1.